The van der Waals surface area contributed by atoms with Gasteiger partial charge in [0.05, 0.1) is 0 Å². The lowest BCUT2D eigenvalue weighted by molar-refractivity contribution is 0.156. The molecular formula is C15H23N5O. The zero-order chi connectivity index (χ0) is 15.3. The molecule has 1 fully saturated rings. The van der Waals surface area contributed by atoms with Crippen LogP contribution in [-0.4, -0.2) is 40.2 Å². The summed E-state index contributed by atoms with van der Waals surface area (Å²) in [5, 5.41) is 3.18. The summed E-state index contributed by atoms with van der Waals surface area (Å²) in [5.41, 5.74) is -0.744. The molecule has 0 bridgehead atoms. The first kappa shape index (κ1) is 15.4. The lowest BCUT2D eigenvalue weighted by atomic mass is 10.2. The summed E-state index contributed by atoms with van der Waals surface area (Å²) in [7, 11) is 0. The summed E-state index contributed by atoms with van der Waals surface area (Å²) in [6.07, 6.45) is 8.78. The molecule has 1 N–H and O–H groups in total. The van der Waals surface area contributed by atoms with Crippen LogP contribution in [0.2, 0.25) is 0 Å². The fourth-order valence-electron chi connectivity index (χ4n) is 2.02. The summed E-state index contributed by atoms with van der Waals surface area (Å²) in [5.74, 6) is 3.78. The Bertz CT molecular complexity index is 517. The largest absolute Gasteiger partial charge is 0.444 e. The number of hydrogen-bond donors (Lipinski definition) is 1. The van der Waals surface area contributed by atoms with Gasteiger partial charge in [0.1, 0.15) is 0 Å². The number of ether oxygens (including phenoxy) is 1. The van der Waals surface area contributed by atoms with E-state index in [2.05, 4.69) is 38.0 Å². The number of nitrogens with one attached hydrogen (secondary N) is 1. The molecule has 6 nitrogen and oxygen atoms in total. The topological polar surface area (TPSA) is 63.2 Å². The van der Waals surface area contributed by atoms with E-state index in [0.29, 0.717) is 11.9 Å². The Kier molecular flexibility index (Phi) is 4.84. The Morgan fingerprint density at radius 2 is 2.00 bits per heavy atom. The highest BCUT2D eigenvalue weighted by Crippen LogP contribution is 2.21. The third-order valence-electron chi connectivity index (χ3n) is 3.22. The molecule has 2 rings (SSSR count). The molecule has 1 saturated heterocycles. The lowest BCUT2D eigenvalue weighted by Gasteiger charge is -2.21. The van der Waals surface area contributed by atoms with Crippen LogP contribution in [-0.2, 0) is 0 Å². The average molecular weight is 289 g/mol. The zero-order valence-corrected chi connectivity index (χ0v) is 13.0. The van der Waals surface area contributed by atoms with E-state index in [4.69, 9.17) is 11.2 Å². The van der Waals surface area contributed by atoms with Gasteiger partial charge in [-0.25, -0.2) is 0 Å². The maximum atomic E-state index is 5.71. The van der Waals surface area contributed by atoms with Crippen molar-refractivity contribution in [2.24, 2.45) is 0 Å². The summed E-state index contributed by atoms with van der Waals surface area (Å²) in [6, 6.07) is 0.272. The Morgan fingerprint density at radius 3 is 2.62 bits per heavy atom. The van der Waals surface area contributed by atoms with Crippen LogP contribution < -0.4 is 15.0 Å². The van der Waals surface area contributed by atoms with Crippen molar-refractivity contribution < 1.29 is 4.74 Å². The Balaban J connectivity index is 2.25. The van der Waals surface area contributed by atoms with E-state index in [-0.39, 0.29) is 6.01 Å². The quantitative estimate of drug-likeness (QED) is 0.809. The molecule has 6 heteroatoms. The monoisotopic (exact) mass is 289 g/mol. The zero-order valence-electron chi connectivity index (χ0n) is 13.0. The van der Waals surface area contributed by atoms with E-state index < -0.39 is 5.60 Å². The SMILES string of the molecule is C#CC(C)(C)Oc1nc(NCCC)nc(N2CCCC2)n1. The van der Waals surface area contributed by atoms with E-state index in [1.807, 2.05) is 13.8 Å². The van der Waals surface area contributed by atoms with Crippen molar-refractivity contribution in [3.8, 4) is 18.4 Å². The van der Waals surface area contributed by atoms with E-state index in [1.54, 1.807) is 0 Å². The van der Waals surface area contributed by atoms with Crippen molar-refractivity contribution in [3.63, 3.8) is 0 Å². The summed E-state index contributed by atoms with van der Waals surface area (Å²) in [4.78, 5) is 15.3. The maximum absolute atomic E-state index is 5.71. The number of terminal acetylenes is 1. The van der Waals surface area contributed by atoms with E-state index >= 15 is 0 Å². The van der Waals surface area contributed by atoms with Crippen LogP contribution in [0.1, 0.15) is 40.0 Å². The van der Waals surface area contributed by atoms with Crippen molar-refractivity contribution in [3.05, 3.63) is 0 Å². The van der Waals surface area contributed by atoms with Gasteiger partial charge in [0.2, 0.25) is 11.9 Å². The molecule has 0 unspecified atom stereocenters. The van der Waals surface area contributed by atoms with Gasteiger partial charge < -0.3 is 15.0 Å². The first-order valence-electron chi connectivity index (χ1n) is 7.46. The van der Waals surface area contributed by atoms with E-state index in [1.165, 1.54) is 0 Å². The van der Waals surface area contributed by atoms with E-state index in [9.17, 15) is 0 Å². The lowest BCUT2D eigenvalue weighted by Crippen LogP contribution is -2.28. The molecule has 0 aromatic carbocycles. The second-order valence-electron chi connectivity index (χ2n) is 5.62. The predicted octanol–water partition coefficient (Wildman–Crippen LogP) is 2.08. The van der Waals surface area contributed by atoms with Crippen molar-refractivity contribution in [1.82, 2.24) is 15.0 Å². The third-order valence-corrected chi connectivity index (χ3v) is 3.22. The minimum absolute atomic E-state index is 0.272. The van der Waals surface area contributed by atoms with Gasteiger partial charge in [0.15, 0.2) is 5.60 Å². The van der Waals surface area contributed by atoms with Gasteiger partial charge in [0, 0.05) is 19.6 Å². The molecule has 21 heavy (non-hydrogen) atoms. The fraction of sp³-hybridized carbons (Fsp3) is 0.667. The smallest absolute Gasteiger partial charge is 0.324 e. The molecule has 0 saturated carbocycles. The molecular weight excluding hydrogens is 266 g/mol. The van der Waals surface area contributed by atoms with Gasteiger partial charge >= 0.3 is 6.01 Å². The average Bonchev–Trinajstić information content (AvgIpc) is 2.98. The summed E-state index contributed by atoms with van der Waals surface area (Å²) in [6.45, 7) is 8.46. The van der Waals surface area contributed by atoms with Crippen LogP contribution in [0.15, 0.2) is 0 Å². The Labute approximate surface area is 126 Å². The van der Waals surface area contributed by atoms with Crippen molar-refractivity contribution >= 4 is 11.9 Å². The Morgan fingerprint density at radius 1 is 1.29 bits per heavy atom. The highest BCUT2D eigenvalue weighted by atomic mass is 16.5. The predicted molar refractivity (Wildman–Crippen MR) is 83.6 cm³/mol. The normalized spacial score (nSPS) is 14.9. The highest BCUT2D eigenvalue weighted by molar-refractivity contribution is 5.39. The molecule has 2 heterocycles. The van der Waals surface area contributed by atoms with Gasteiger partial charge in [-0.3, -0.25) is 0 Å². The van der Waals surface area contributed by atoms with Crippen LogP contribution in [0.5, 0.6) is 6.01 Å². The van der Waals surface area contributed by atoms with E-state index in [0.717, 1.165) is 38.9 Å². The molecule has 0 amide bonds. The van der Waals surface area contributed by atoms with Gasteiger partial charge in [0.25, 0.3) is 0 Å². The molecule has 114 valence electrons. The van der Waals surface area contributed by atoms with Crippen molar-refractivity contribution in [2.45, 2.75) is 45.6 Å². The fourth-order valence-corrected chi connectivity index (χ4v) is 2.02. The minimum Gasteiger partial charge on any atom is -0.444 e. The van der Waals surface area contributed by atoms with Crippen LogP contribution >= 0.6 is 0 Å². The molecule has 0 radical (unpaired) electrons. The molecule has 0 spiro atoms. The number of aromatic nitrogens is 3. The van der Waals surface area contributed by atoms with Crippen LogP contribution in [0.3, 0.4) is 0 Å². The molecule has 0 atom stereocenters. The van der Waals surface area contributed by atoms with Gasteiger partial charge in [-0.1, -0.05) is 12.8 Å². The van der Waals surface area contributed by atoms with Crippen LogP contribution in [0, 0.1) is 12.3 Å². The van der Waals surface area contributed by atoms with Gasteiger partial charge in [-0.2, -0.15) is 15.0 Å². The maximum Gasteiger partial charge on any atom is 0.324 e. The number of hydrogen-bond acceptors (Lipinski definition) is 6. The molecule has 1 aromatic heterocycles. The highest BCUT2D eigenvalue weighted by Gasteiger charge is 2.22. The molecule has 1 aliphatic rings. The minimum atomic E-state index is -0.744. The van der Waals surface area contributed by atoms with Crippen molar-refractivity contribution in [2.75, 3.05) is 29.9 Å². The Hall–Kier alpha value is -2.03. The van der Waals surface area contributed by atoms with Crippen molar-refractivity contribution in [1.29, 1.82) is 0 Å². The van der Waals surface area contributed by atoms with Crippen LogP contribution in [0.4, 0.5) is 11.9 Å². The van der Waals surface area contributed by atoms with Crippen LogP contribution in [0.25, 0.3) is 0 Å². The van der Waals surface area contributed by atoms with Gasteiger partial charge in [-0.05, 0) is 33.1 Å². The molecule has 0 aliphatic carbocycles. The third kappa shape index (κ3) is 4.22. The number of anilines is 2. The number of rotatable bonds is 6. The number of nitrogens with zero attached hydrogens (tertiary/aromatic N) is 4. The molecule has 1 aromatic rings. The second kappa shape index (κ2) is 6.61. The standard InChI is InChI=1S/C15H23N5O/c1-5-9-16-12-17-13(20-10-7-8-11-20)19-14(18-12)21-15(3,4)6-2/h2H,5,7-11H2,1,3-4H3,(H,16,17,18,19). The first-order chi connectivity index (χ1) is 10.0. The van der Waals surface area contributed by atoms with Gasteiger partial charge in [-0.15, -0.1) is 6.42 Å². The summed E-state index contributed by atoms with van der Waals surface area (Å²) >= 11 is 0. The second-order valence-corrected chi connectivity index (χ2v) is 5.62. The summed E-state index contributed by atoms with van der Waals surface area (Å²) < 4.78 is 5.71. The molecule has 1 aliphatic heterocycles. The first-order valence-corrected chi connectivity index (χ1v) is 7.46.